The highest BCUT2D eigenvalue weighted by atomic mass is 32.1. The fraction of sp³-hybridized carbons (Fsp3) is 0.200. The SMILES string of the molecule is CCOc1ccc(C(C#N)C(=O)c2cccs2)cc1. The molecule has 0 saturated carbocycles. The summed E-state index contributed by atoms with van der Waals surface area (Å²) in [6, 6.07) is 12.7. The van der Waals surface area contributed by atoms with Crippen LogP contribution in [0.4, 0.5) is 0 Å². The van der Waals surface area contributed by atoms with Crippen LogP contribution in [-0.2, 0) is 0 Å². The lowest BCUT2D eigenvalue weighted by Crippen LogP contribution is -2.09. The van der Waals surface area contributed by atoms with Crippen molar-refractivity contribution in [3.8, 4) is 11.8 Å². The molecule has 1 heterocycles. The third-order valence-corrected chi connectivity index (χ3v) is 3.56. The average Bonchev–Trinajstić information content (AvgIpc) is 2.96. The molecule has 0 aliphatic rings. The van der Waals surface area contributed by atoms with Crippen molar-refractivity contribution in [2.24, 2.45) is 0 Å². The molecule has 0 spiro atoms. The molecule has 1 unspecified atom stereocenters. The van der Waals surface area contributed by atoms with E-state index in [1.54, 1.807) is 30.3 Å². The molecule has 0 N–H and O–H groups in total. The number of Topliss-reactive ketones (excluding diaryl/α,β-unsaturated/α-hetero) is 1. The van der Waals surface area contributed by atoms with Crippen LogP contribution < -0.4 is 4.74 Å². The molecule has 19 heavy (non-hydrogen) atoms. The zero-order chi connectivity index (χ0) is 13.7. The van der Waals surface area contributed by atoms with Gasteiger partial charge in [0.1, 0.15) is 11.7 Å². The van der Waals surface area contributed by atoms with Crippen molar-refractivity contribution in [3.63, 3.8) is 0 Å². The van der Waals surface area contributed by atoms with E-state index >= 15 is 0 Å². The topological polar surface area (TPSA) is 50.1 Å². The second kappa shape index (κ2) is 6.17. The lowest BCUT2D eigenvalue weighted by atomic mass is 9.95. The van der Waals surface area contributed by atoms with Crippen molar-refractivity contribution >= 4 is 17.1 Å². The van der Waals surface area contributed by atoms with Crippen LogP contribution >= 0.6 is 11.3 Å². The van der Waals surface area contributed by atoms with Gasteiger partial charge in [0.05, 0.1) is 17.6 Å². The Morgan fingerprint density at radius 1 is 1.37 bits per heavy atom. The number of ketones is 1. The molecule has 2 rings (SSSR count). The highest BCUT2D eigenvalue weighted by molar-refractivity contribution is 7.12. The van der Waals surface area contributed by atoms with Crippen molar-refractivity contribution in [2.75, 3.05) is 6.61 Å². The highest BCUT2D eigenvalue weighted by Crippen LogP contribution is 2.24. The molecule has 0 amide bonds. The number of thiophene rings is 1. The summed E-state index contributed by atoms with van der Waals surface area (Å²) in [4.78, 5) is 12.8. The van der Waals surface area contributed by atoms with Gasteiger partial charge in [0, 0.05) is 0 Å². The standard InChI is InChI=1S/C15H13NO2S/c1-2-18-12-7-5-11(6-8-12)13(10-16)15(17)14-4-3-9-19-14/h3-9,13H,2H2,1H3. The Morgan fingerprint density at radius 3 is 2.63 bits per heavy atom. The largest absolute Gasteiger partial charge is 0.494 e. The van der Waals surface area contributed by atoms with Crippen molar-refractivity contribution < 1.29 is 9.53 Å². The van der Waals surface area contributed by atoms with Crippen molar-refractivity contribution in [1.82, 2.24) is 0 Å². The van der Waals surface area contributed by atoms with Crippen LogP contribution in [0.1, 0.15) is 28.1 Å². The number of hydrogen-bond donors (Lipinski definition) is 0. The van der Waals surface area contributed by atoms with E-state index in [1.807, 2.05) is 18.4 Å². The first kappa shape index (κ1) is 13.3. The third kappa shape index (κ3) is 3.01. The third-order valence-electron chi connectivity index (χ3n) is 2.68. The summed E-state index contributed by atoms with van der Waals surface area (Å²) in [5.74, 6) is -0.164. The fourth-order valence-corrected chi connectivity index (χ4v) is 2.46. The molecule has 0 fully saturated rings. The van der Waals surface area contributed by atoms with E-state index in [1.165, 1.54) is 11.3 Å². The van der Waals surface area contributed by atoms with Crippen LogP contribution in [0, 0.1) is 11.3 Å². The Balaban J connectivity index is 2.23. The van der Waals surface area contributed by atoms with Crippen LogP contribution in [0.15, 0.2) is 41.8 Å². The van der Waals surface area contributed by atoms with Crippen LogP contribution in [0.25, 0.3) is 0 Å². The normalized spacial score (nSPS) is 11.6. The van der Waals surface area contributed by atoms with Gasteiger partial charge in [-0.05, 0) is 36.1 Å². The van der Waals surface area contributed by atoms with Gasteiger partial charge in [-0.3, -0.25) is 4.79 Å². The second-order valence-corrected chi connectivity index (χ2v) is 4.85. The monoisotopic (exact) mass is 271 g/mol. The number of hydrogen-bond acceptors (Lipinski definition) is 4. The summed E-state index contributed by atoms with van der Waals surface area (Å²) in [6.07, 6.45) is 0. The van der Waals surface area contributed by atoms with E-state index in [9.17, 15) is 10.1 Å². The predicted molar refractivity (Wildman–Crippen MR) is 74.6 cm³/mol. The van der Waals surface area contributed by atoms with Gasteiger partial charge < -0.3 is 4.74 Å². The molecule has 4 heteroatoms. The summed E-state index contributed by atoms with van der Waals surface area (Å²) in [5, 5.41) is 11.1. The zero-order valence-corrected chi connectivity index (χ0v) is 11.3. The van der Waals surface area contributed by atoms with E-state index in [-0.39, 0.29) is 5.78 Å². The zero-order valence-electron chi connectivity index (χ0n) is 10.5. The van der Waals surface area contributed by atoms with Gasteiger partial charge in [0.2, 0.25) is 0 Å². The summed E-state index contributed by atoms with van der Waals surface area (Å²) >= 11 is 1.36. The number of ether oxygens (including phenoxy) is 1. The number of benzene rings is 1. The Morgan fingerprint density at radius 2 is 2.11 bits per heavy atom. The molecule has 3 nitrogen and oxygen atoms in total. The minimum atomic E-state index is -0.755. The van der Waals surface area contributed by atoms with Crippen molar-refractivity contribution in [2.45, 2.75) is 12.8 Å². The predicted octanol–water partition coefficient (Wildman–Crippen LogP) is 3.64. The fourth-order valence-electron chi connectivity index (χ4n) is 1.77. The van der Waals surface area contributed by atoms with E-state index in [0.717, 1.165) is 5.75 Å². The first-order valence-corrected chi connectivity index (χ1v) is 6.84. The first-order valence-electron chi connectivity index (χ1n) is 5.96. The summed E-state index contributed by atoms with van der Waals surface area (Å²) in [6.45, 7) is 2.50. The maximum atomic E-state index is 12.2. The highest BCUT2D eigenvalue weighted by Gasteiger charge is 2.22. The minimum Gasteiger partial charge on any atom is -0.494 e. The molecule has 0 aliphatic carbocycles. The maximum Gasteiger partial charge on any atom is 0.194 e. The van der Waals surface area contributed by atoms with Gasteiger partial charge in [-0.2, -0.15) is 5.26 Å². The molecular weight excluding hydrogens is 258 g/mol. The Bertz CT molecular complexity index is 582. The van der Waals surface area contributed by atoms with Crippen LogP contribution in [0.2, 0.25) is 0 Å². The van der Waals surface area contributed by atoms with Crippen LogP contribution in [-0.4, -0.2) is 12.4 Å². The van der Waals surface area contributed by atoms with Gasteiger partial charge in [-0.15, -0.1) is 11.3 Å². The van der Waals surface area contributed by atoms with E-state index < -0.39 is 5.92 Å². The van der Waals surface area contributed by atoms with E-state index in [2.05, 4.69) is 6.07 Å². The molecule has 0 saturated heterocycles. The van der Waals surface area contributed by atoms with Crippen molar-refractivity contribution in [3.05, 3.63) is 52.2 Å². The number of nitriles is 1. The summed E-state index contributed by atoms with van der Waals surface area (Å²) < 4.78 is 5.34. The molecule has 0 bridgehead atoms. The van der Waals surface area contributed by atoms with Crippen molar-refractivity contribution in [1.29, 1.82) is 5.26 Å². The molecule has 1 atom stereocenters. The quantitative estimate of drug-likeness (QED) is 0.780. The van der Waals surface area contributed by atoms with E-state index in [4.69, 9.17) is 4.74 Å². The first-order chi connectivity index (χ1) is 9.26. The molecule has 1 aromatic heterocycles. The summed E-state index contributed by atoms with van der Waals surface area (Å²) in [7, 11) is 0. The van der Waals surface area contributed by atoms with Gasteiger partial charge in [0.15, 0.2) is 5.78 Å². The van der Waals surface area contributed by atoms with Crippen LogP contribution in [0.5, 0.6) is 5.75 Å². The number of carbonyl (C=O) groups is 1. The van der Waals surface area contributed by atoms with Gasteiger partial charge in [-0.1, -0.05) is 18.2 Å². The van der Waals surface area contributed by atoms with E-state index in [0.29, 0.717) is 17.0 Å². The molecule has 1 aromatic carbocycles. The number of rotatable bonds is 5. The molecule has 96 valence electrons. The summed E-state index contributed by atoms with van der Waals surface area (Å²) in [5.41, 5.74) is 0.698. The van der Waals surface area contributed by atoms with Gasteiger partial charge in [-0.25, -0.2) is 0 Å². The Hall–Kier alpha value is -2.12. The number of carbonyl (C=O) groups excluding carboxylic acids is 1. The lowest BCUT2D eigenvalue weighted by molar-refractivity contribution is 0.0983. The van der Waals surface area contributed by atoms with Crippen LogP contribution in [0.3, 0.4) is 0 Å². The van der Waals surface area contributed by atoms with Gasteiger partial charge in [0.25, 0.3) is 0 Å². The minimum absolute atomic E-state index is 0.151. The smallest absolute Gasteiger partial charge is 0.194 e. The Labute approximate surface area is 116 Å². The molecule has 0 radical (unpaired) electrons. The Kier molecular flexibility index (Phi) is 4.32. The average molecular weight is 271 g/mol. The maximum absolute atomic E-state index is 12.2. The molecule has 2 aromatic rings. The second-order valence-electron chi connectivity index (χ2n) is 3.91. The molecular formula is C15H13NO2S. The van der Waals surface area contributed by atoms with Gasteiger partial charge >= 0.3 is 0 Å². The number of nitrogens with zero attached hydrogens (tertiary/aromatic N) is 1. The molecule has 0 aliphatic heterocycles. The lowest BCUT2D eigenvalue weighted by Gasteiger charge is -2.08.